The van der Waals surface area contributed by atoms with E-state index in [-0.39, 0.29) is 17.0 Å². The molecule has 0 aliphatic rings. The van der Waals surface area contributed by atoms with E-state index < -0.39 is 4.92 Å². The van der Waals surface area contributed by atoms with Crippen LogP contribution in [0.1, 0.15) is 29.3 Å². The summed E-state index contributed by atoms with van der Waals surface area (Å²) in [7, 11) is 1.66. The Morgan fingerprint density at radius 2 is 2.11 bits per heavy atom. The molecule has 0 heterocycles. The molecular formula is C13H17ClN2O3. The number of nitrogens with zero attached hydrogens (tertiary/aromatic N) is 2. The highest BCUT2D eigenvalue weighted by molar-refractivity contribution is 6.20. The highest BCUT2D eigenvalue weighted by Crippen LogP contribution is 2.18. The van der Waals surface area contributed by atoms with Crippen molar-refractivity contribution < 1.29 is 9.72 Å². The van der Waals surface area contributed by atoms with Gasteiger partial charge >= 0.3 is 0 Å². The van der Waals surface area contributed by atoms with Gasteiger partial charge in [-0.3, -0.25) is 14.9 Å². The van der Waals surface area contributed by atoms with Crippen molar-refractivity contribution in [3.8, 4) is 0 Å². The van der Waals surface area contributed by atoms with Gasteiger partial charge in [-0.1, -0.05) is 0 Å². The van der Waals surface area contributed by atoms with Crippen LogP contribution in [0.4, 0.5) is 5.69 Å². The molecule has 1 rings (SSSR count). The molecule has 0 aliphatic heterocycles. The molecule has 0 saturated heterocycles. The number of amides is 1. The third kappa shape index (κ3) is 4.52. The molecule has 0 spiro atoms. The number of rotatable bonds is 5. The van der Waals surface area contributed by atoms with Crippen molar-refractivity contribution in [2.45, 2.75) is 25.6 Å². The SMILES string of the molecule is Cc1cc(C(=O)N(C)CCC(C)Cl)cc([N+](=O)[O-])c1. The molecule has 0 aromatic heterocycles. The Hall–Kier alpha value is -1.62. The van der Waals surface area contributed by atoms with Gasteiger partial charge < -0.3 is 4.90 Å². The zero-order valence-electron chi connectivity index (χ0n) is 11.2. The largest absolute Gasteiger partial charge is 0.342 e. The lowest BCUT2D eigenvalue weighted by Gasteiger charge is -2.18. The summed E-state index contributed by atoms with van der Waals surface area (Å²) in [4.78, 5) is 24.0. The lowest BCUT2D eigenvalue weighted by atomic mass is 10.1. The predicted molar refractivity (Wildman–Crippen MR) is 74.7 cm³/mol. The maximum absolute atomic E-state index is 12.1. The molecule has 1 amide bonds. The van der Waals surface area contributed by atoms with Gasteiger partial charge in [-0.05, 0) is 31.9 Å². The number of carbonyl (C=O) groups excluding carboxylic acids is 1. The van der Waals surface area contributed by atoms with Crippen LogP contribution < -0.4 is 0 Å². The number of non-ortho nitro benzene ring substituents is 1. The van der Waals surface area contributed by atoms with Crippen LogP contribution in [0.3, 0.4) is 0 Å². The normalized spacial score (nSPS) is 12.0. The van der Waals surface area contributed by atoms with Crippen molar-refractivity contribution in [3.05, 3.63) is 39.4 Å². The standard InChI is InChI=1S/C13H17ClN2O3/c1-9-6-11(8-12(7-9)16(18)19)13(17)15(3)5-4-10(2)14/h6-8,10H,4-5H2,1-3H3. The summed E-state index contributed by atoms with van der Waals surface area (Å²) in [5.41, 5.74) is 0.954. The maximum Gasteiger partial charge on any atom is 0.270 e. The summed E-state index contributed by atoms with van der Waals surface area (Å²) >= 11 is 5.84. The molecule has 0 saturated carbocycles. The molecule has 0 radical (unpaired) electrons. The minimum absolute atomic E-state index is 0.0119. The summed E-state index contributed by atoms with van der Waals surface area (Å²) in [5.74, 6) is -0.232. The highest BCUT2D eigenvalue weighted by Gasteiger charge is 2.16. The minimum Gasteiger partial charge on any atom is -0.342 e. The van der Waals surface area contributed by atoms with Crippen molar-refractivity contribution in [3.63, 3.8) is 0 Å². The van der Waals surface area contributed by atoms with Crippen molar-refractivity contribution in [2.24, 2.45) is 0 Å². The Labute approximate surface area is 117 Å². The number of alkyl halides is 1. The molecule has 6 heteroatoms. The Bertz CT molecular complexity index is 489. The average molecular weight is 285 g/mol. The van der Waals surface area contributed by atoms with Crippen LogP contribution in [0, 0.1) is 17.0 Å². The van der Waals surface area contributed by atoms with Crippen molar-refractivity contribution in [2.75, 3.05) is 13.6 Å². The highest BCUT2D eigenvalue weighted by atomic mass is 35.5. The van der Waals surface area contributed by atoms with E-state index in [9.17, 15) is 14.9 Å². The van der Waals surface area contributed by atoms with E-state index in [1.54, 1.807) is 20.0 Å². The second-order valence-corrected chi connectivity index (χ2v) is 5.36. The van der Waals surface area contributed by atoms with E-state index in [2.05, 4.69) is 0 Å². The minimum atomic E-state index is -0.495. The van der Waals surface area contributed by atoms with Crippen LogP contribution >= 0.6 is 11.6 Å². The fraction of sp³-hybridized carbons (Fsp3) is 0.462. The van der Waals surface area contributed by atoms with Gasteiger partial charge in [-0.15, -0.1) is 11.6 Å². The quantitative estimate of drug-likeness (QED) is 0.474. The zero-order chi connectivity index (χ0) is 14.6. The van der Waals surface area contributed by atoms with E-state index in [0.29, 0.717) is 24.1 Å². The van der Waals surface area contributed by atoms with E-state index in [0.717, 1.165) is 0 Å². The van der Waals surface area contributed by atoms with E-state index >= 15 is 0 Å². The Morgan fingerprint density at radius 3 is 2.63 bits per heavy atom. The van der Waals surface area contributed by atoms with Crippen LogP contribution in [0.15, 0.2) is 18.2 Å². The third-order valence-corrected chi connectivity index (χ3v) is 2.95. The lowest BCUT2D eigenvalue weighted by molar-refractivity contribution is -0.384. The average Bonchev–Trinajstić information content (AvgIpc) is 2.34. The zero-order valence-corrected chi connectivity index (χ0v) is 12.0. The van der Waals surface area contributed by atoms with Crippen LogP contribution in [-0.2, 0) is 0 Å². The molecule has 0 bridgehead atoms. The summed E-state index contributed by atoms with van der Waals surface area (Å²) in [5, 5.41) is 10.8. The first-order valence-electron chi connectivity index (χ1n) is 5.97. The Kier molecular flexibility index (Phi) is 5.30. The number of aryl methyl sites for hydroxylation is 1. The van der Waals surface area contributed by atoms with Gasteiger partial charge in [0.1, 0.15) is 0 Å². The van der Waals surface area contributed by atoms with Gasteiger partial charge in [0.15, 0.2) is 0 Å². The number of hydrogen-bond donors (Lipinski definition) is 0. The van der Waals surface area contributed by atoms with Crippen LogP contribution in [-0.4, -0.2) is 34.7 Å². The molecule has 1 atom stereocenters. The Morgan fingerprint density at radius 1 is 1.47 bits per heavy atom. The van der Waals surface area contributed by atoms with Crippen molar-refractivity contribution >= 4 is 23.2 Å². The van der Waals surface area contributed by atoms with Gasteiger partial charge in [0.25, 0.3) is 11.6 Å². The van der Waals surface area contributed by atoms with Crippen molar-refractivity contribution in [1.29, 1.82) is 0 Å². The van der Waals surface area contributed by atoms with Crippen LogP contribution in [0.2, 0.25) is 0 Å². The van der Waals surface area contributed by atoms with Crippen LogP contribution in [0.25, 0.3) is 0 Å². The van der Waals surface area contributed by atoms with Crippen LogP contribution in [0.5, 0.6) is 0 Å². The number of nitro groups is 1. The second-order valence-electron chi connectivity index (χ2n) is 4.61. The number of hydrogen-bond acceptors (Lipinski definition) is 3. The molecule has 1 aromatic carbocycles. The fourth-order valence-corrected chi connectivity index (χ4v) is 1.78. The molecule has 5 nitrogen and oxygen atoms in total. The van der Waals surface area contributed by atoms with E-state index in [1.807, 2.05) is 6.92 Å². The third-order valence-electron chi connectivity index (χ3n) is 2.73. The second kappa shape index (κ2) is 6.52. The van der Waals surface area contributed by atoms with Gasteiger partial charge in [-0.25, -0.2) is 0 Å². The van der Waals surface area contributed by atoms with Gasteiger partial charge in [0.05, 0.1) is 4.92 Å². The molecule has 104 valence electrons. The molecular weight excluding hydrogens is 268 g/mol. The smallest absolute Gasteiger partial charge is 0.270 e. The number of halogens is 1. The van der Waals surface area contributed by atoms with Gasteiger partial charge in [-0.2, -0.15) is 0 Å². The first-order chi connectivity index (χ1) is 8.81. The summed E-state index contributed by atoms with van der Waals surface area (Å²) in [6.45, 7) is 4.10. The fourth-order valence-electron chi connectivity index (χ4n) is 1.69. The summed E-state index contributed by atoms with van der Waals surface area (Å²) in [6.07, 6.45) is 0.678. The summed E-state index contributed by atoms with van der Waals surface area (Å²) < 4.78 is 0. The Balaban J connectivity index is 2.90. The molecule has 0 aliphatic carbocycles. The molecule has 0 fully saturated rings. The predicted octanol–water partition coefficient (Wildman–Crippen LogP) is 2.99. The van der Waals surface area contributed by atoms with Crippen molar-refractivity contribution in [1.82, 2.24) is 4.90 Å². The van der Waals surface area contributed by atoms with Gasteiger partial charge in [0.2, 0.25) is 0 Å². The number of carbonyl (C=O) groups is 1. The summed E-state index contributed by atoms with van der Waals surface area (Å²) in [6, 6.07) is 4.39. The first kappa shape index (κ1) is 15.4. The topological polar surface area (TPSA) is 63.5 Å². The molecule has 1 aromatic rings. The van der Waals surface area contributed by atoms with Gasteiger partial charge in [0, 0.05) is 36.7 Å². The lowest BCUT2D eigenvalue weighted by Crippen LogP contribution is -2.28. The van der Waals surface area contributed by atoms with E-state index in [4.69, 9.17) is 11.6 Å². The maximum atomic E-state index is 12.1. The molecule has 0 N–H and O–H groups in total. The molecule has 19 heavy (non-hydrogen) atoms. The number of nitro benzene ring substituents is 1. The first-order valence-corrected chi connectivity index (χ1v) is 6.40. The number of benzene rings is 1. The monoisotopic (exact) mass is 284 g/mol. The molecule has 1 unspecified atom stereocenters. The van der Waals surface area contributed by atoms with E-state index in [1.165, 1.54) is 17.0 Å².